The van der Waals surface area contributed by atoms with Crippen molar-refractivity contribution < 1.29 is 0 Å². The first-order valence-electron chi connectivity index (χ1n) is 6.93. The maximum atomic E-state index is 5.99. The Morgan fingerprint density at radius 1 is 1.20 bits per heavy atom. The van der Waals surface area contributed by atoms with Crippen LogP contribution in [0.4, 0.5) is 11.6 Å². The second-order valence-corrected chi connectivity index (χ2v) is 4.66. The van der Waals surface area contributed by atoms with Crippen LogP contribution in [0, 0.1) is 6.92 Å². The lowest BCUT2D eigenvalue weighted by molar-refractivity contribution is 0.776. The summed E-state index contributed by atoms with van der Waals surface area (Å²) in [5, 5.41) is 0. The minimum Gasteiger partial charge on any atom is -0.383 e. The number of hydrogen-bond donors (Lipinski definition) is 1. The maximum absolute atomic E-state index is 5.99. The summed E-state index contributed by atoms with van der Waals surface area (Å²) in [6, 6.07) is 5.93. The number of nitrogens with two attached hydrogens (primary N) is 1. The van der Waals surface area contributed by atoms with Gasteiger partial charge in [-0.25, -0.2) is 9.97 Å². The molecule has 5 heteroatoms. The van der Waals surface area contributed by atoms with Gasteiger partial charge in [-0.2, -0.15) is 0 Å². The number of nitrogen functional groups attached to an aromatic ring is 1. The van der Waals surface area contributed by atoms with Crippen molar-refractivity contribution in [3.63, 3.8) is 0 Å². The first-order chi connectivity index (χ1) is 9.65. The molecule has 0 aliphatic rings. The highest BCUT2D eigenvalue weighted by atomic mass is 15.2. The quantitative estimate of drug-likeness (QED) is 0.904. The van der Waals surface area contributed by atoms with Gasteiger partial charge in [0.2, 0.25) is 0 Å². The van der Waals surface area contributed by atoms with E-state index in [9.17, 15) is 0 Å². The van der Waals surface area contributed by atoms with Crippen LogP contribution in [0.15, 0.2) is 24.4 Å². The normalized spacial score (nSPS) is 10.6. The number of rotatable bonds is 5. The molecule has 0 saturated heterocycles. The highest BCUT2D eigenvalue weighted by Gasteiger charge is 2.14. The van der Waals surface area contributed by atoms with Gasteiger partial charge >= 0.3 is 0 Å². The fourth-order valence-corrected chi connectivity index (χ4v) is 2.06. The Hall–Kier alpha value is -2.17. The van der Waals surface area contributed by atoms with Crippen LogP contribution < -0.4 is 10.6 Å². The SMILES string of the molecule is CCc1nc(N)c(C)c(N(CC)Cc2ccccn2)n1. The van der Waals surface area contributed by atoms with E-state index in [0.29, 0.717) is 5.82 Å². The minimum absolute atomic E-state index is 0.561. The molecule has 2 heterocycles. The molecule has 0 atom stereocenters. The Morgan fingerprint density at radius 2 is 2.00 bits per heavy atom. The molecule has 106 valence electrons. The summed E-state index contributed by atoms with van der Waals surface area (Å²) in [6.07, 6.45) is 2.58. The lowest BCUT2D eigenvalue weighted by atomic mass is 10.2. The van der Waals surface area contributed by atoms with Crippen molar-refractivity contribution in [1.29, 1.82) is 0 Å². The van der Waals surface area contributed by atoms with Crippen molar-refractivity contribution in [2.24, 2.45) is 0 Å². The number of aryl methyl sites for hydroxylation is 1. The van der Waals surface area contributed by atoms with Crippen LogP contribution in [0.25, 0.3) is 0 Å². The molecule has 0 aliphatic heterocycles. The second kappa shape index (κ2) is 6.32. The van der Waals surface area contributed by atoms with Gasteiger partial charge in [-0.05, 0) is 26.0 Å². The minimum atomic E-state index is 0.561. The summed E-state index contributed by atoms with van der Waals surface area (Å²) in [6.45, 7) is 7.66. The Bertz CT molecular complexity index is 568. The van der Waals surface area contributed by atoms with E-state index in [1.165, 1.54) is 0 Å². The molecule has 0 saturated carbocycles. The third-order valence-electron chi connectivity index (χ3n) is 3.28. The zero-order valence-corrected chi connectivity index (χ0v) is 12.3. The van der Waals surface area contributed by atoms with Crippen LogP contribution in [0.2, 0.25) is 0 Å². The molecule has 0 aromatic carbocycles. The lowest BCUT2D eigenvalue weighted by Crippen LogP contribution is -2.25. The molecule has 2 rings (SSSR count). The van der Waals surface area contributed by atoms with Crippen molar-refractivity contribution in [2.45, 2.75) is 33.7 Å². The smallest absolute Gasteiger partial charge is 0.137 e. The van der Waals surface area contributed by atoms with E-state index in [4.69, 9.17) is 5.73 Å². The van der Waals surface area contributed by atoms with Crippen molar-refractivity contribution in [3.05, 3.63) is 41.5 Å². The fraction of sp³-hybridized carbons (Fsp3) is 0.400. The molecule has 2 aromatic heterocycles. The van der Waals surface area contributed by atoms with Crippen molar-refractivity contribution >= 4 is 11.6 Å². The molecule has 0 aliphatic carbocycles. The summed E-state index contributed by atoms with van der Waals surface area (Å²) in [7, 11) is 0. The number of aromatic nitrogens is 3. The molecular formula is C15H21N5. The largest absolute Gasteiger partial charge is 0.383 e. The molecule has 5 nitrogen and oxygen atoms in total. The van der Waals surface area contributed by atoms with Gasteiger partial charge in [0, 0.05) is 24.7 Å². The van der Waals surface area contributed by atoms with Crippen LogP contribution in [-0.2, 0) is 13.0 Å². The molecular weight excluding hydrogens is 250 g/mol. The monoisotopic (exact) mass is 271 g/mol. The topological polar surface area (TPSA) is 67.9 Å². The van der Waals surface area contributed by atoms with Crippen LogP contribution in [0.1, 0.15) is 30.9 Å². The number of anilines is 2. The average molecular weight is 271 g/mol. The van der Waals surface area contributed by atoms with Crippen LogP contribution in [0.5, 0.6) is 0 Å². The summed E-state index contributed by atoms with van der Waals surface area (Å²) in [5.41, 5.74) is 7.94. The van der Waals surface area contributed by atoms with Crippen LogP contribution >= 0.6 is 0 Å². The number of nitrogens with zero attached hydrogens (tertiary/aromatic N) is 4. The summed E-state index contributed by atoms with van der Waals surface area (Å²) >= 11 is 0. The molecule has 0 unspecified atom stereocenters. The Labute approximate surface area is 119 Å². The summed E-state index contributed by atoms with van der Waals surface area (Å²) in [5.74, 6) is 2.25. The zero-order valence-electron chi connectivity index (χ0n) is 12.3. The third kappa shape index (κ3) is 3.04. The van der Waals surface area contributed by atoms with E-state index in [0.717, 1.165) is 42.4 Å². The van der Waals surface area contributed by atoms with Crippen molar-refractivity contribution in [1.82, 2.24) is 15.0 Å². The van der Waals surface area contributed by atoms with Crippen LogP contribution in [-0.4, -0.2) is 21.5 Å². The van der Waals surface area contributed by atoms with E-state index in [1.807, 2.05) is 38.2 Å². The van der Waals surface area contributed by atoms with Gasteiger partial charge in [0.1, 0.15) is 17.5 Å². The molecule has 0 bridgehead atoms. The zero-order chi connectivity index (χ0) is 14.5. The first kappa shape index (κ1) is 14.2. The second-order valence-electron chi connectivity index (χ2n) is 4.66. The number of hydrogen-bond acceptors (Lipinski definition) is 5. The Balaban J connectivity index is 2.34. The van der Waals surface area contributed by atoms with Gasteiger partial charge in [0.05, 0.1) is 12.2 Å². The maximum Gasteiger partial charge on any atom is 0.137 e. The highest BCUT2D eigenvalue weighted by molar-refractivity contribution is 5.56. The van der Waals surface area contributed by atoms with Gasteiger partial charge in [0.25, 0.3) is 0 Å². The third-order valence-corrected chi connectivity index (χ3v) is 3.28. The Morgan fingerprint density at radius 3 is 2.60 bits per heavy atom. The molecule has 0 fully saturated rings. The highest BCUT2D eigenvalue weighted by Crippen LogP contribution is 2.23. The average Bonchev–Trinajstić information content (AvgIpc) is 2.48. The fourth-order valence-electron chi connectivity index (χ4n) is 2.06. The van der Waals surface area contributed by atoms with Crippen molar-refractivity contribution in [3.8, 4) is 0 Å². The first-order valence-corrected chi connectivity index (χ1v) is 6.93. The molecule has 0 radical (unpaired) electrons. The molecule has 20 heavy (non-hydrogen) atoms. The van der Waals surface area contributed by atoms with Gasteiger partial charge in [-0.3, -0.25) is 4.98 Å². The van der Waals surface area contributed by atoms with E-state index in [2.05, 4.69) is 26.8 Å². The predicted molar refractivity (Wildman–Crippen MR) is 81.5 cm³/mol. The summed E-state index contributed by atoms with van der Waals surface area (Å²) < 4.78 is 0. The Kier molecular flexibility index (Phi) is 4.50. The van der Waals surface area contributed by atoms with Gasteiger partial charge in [0.15, 0.2) is 0 Å². The van der Waals surface area contributed by atoms with E-state index in [-0.39, 0.29) is 0 Å². The molecule has 0 amide bonds. The van der Waals surface area contributed by atoms with Crippen LogP contribution in [0.3, 0.4) is 0 Å². The number of pyridine rings is 1. The molecule has 0 spiro atoms. The predicted octanol–water partition coefficient (Wildman–Crippen LogP) is 2.35. The van der Waals surface area contributed by atoms with E-state index in [1.54, 1.807) is 0 Å². The standard InChI is InChI=1S/C15H21N5/c1-4-13-18-14(16)11(3)15(19-13)20(5-2)10-12-8-6-7-9-17-12/h6-9H,4-5,10H2,1-3H3,(H2,16,18,19). The van der Waals surface area contributed by atoms with Crippen molar-refractivity contribution in [2.75, 3.05) is 17.2 Å². The van der Waals surface area contributed by atoms with Gasteiger partial charge in [-0.15, -0.1) is 0 Å². The van der Waals surface area contributed by atoms with Gasteiger partial charge in [-0.1, -0.05) is 13.0 Å². The van der Waals surface area contributed by atoms with E-state index < -0.39 is 0 Å². The van der Waals surface area contributed by atoms with Gasteiger partial charge < -0.3 is 10.6 Å². The van der Waals surface area contributed by atoms with E-state index >= 15 is 0 Å². The molecule has 2 aromatic rings. The molecule has 2 N–H and O–H groups in total. The summed E-state index contributed by atoms with van der Waals surface area (Å²) in [4.78, 5) is 15.5. The lowest BCUT2D eigenvalue weighted by Gasteiger charge is -2.24.